The molecule has 0 aliphatic rings. The van der Waals surface area contributed by atoms with Crippen LogP contribution in [0, 0.1) is 6.92 Å². The number of tetrazole rings is 1. The highest BCUT2D eigenvalue weighted by Gasteiger charge is 2.06. The lowest BCUT2D eigenvalue weighted by Gasteiger charge is -2.09. The first-order valence-corrected chi connectivity index (χ1v) is 6.83. The normalized spacial score (nSPS) is 10.7. The molecule has 2 heterocycles. The summed E-state index contributed by atoms with van der Waals surface area (Å²) in [6.45, 7) is 2.64. The van der Waals surface area contributed by atoms with Gasteiger partial charge in [-0.2, -0.15) is 0 Å². The number of rotatable bonds is 4. The van der Waals surface area contributed by atoms with Crippen LogP contribution in [0.15, 0.2) is 45.7 Å². The minimum atomic E-state index is 0.622. The molecule has 0 aliphatic heterocycles. The van der Waals surface area contributed by atoms with Gasteiger partial charge in [-0.3, -0.25) is 0 Å². The van der Waals surface area contributed by atoms with Crippen molar-refractivity contribution in [3.63, 3.8) is 0 Å². The summed E-state index contributed by atoms with van der Waals surface area (Å²) in [5.41, 5.74) is 3.06. The van der Waals surface area contributed by atoms with Crippen molar-refractivity contribution in [2.24, 2.45) is 0 Å². The predicted octanol–water partition coefficient (Wildman–Crippen LogP) is 2.94. The summed E-state index contributed by atoms with van der Waals surface area (Å²) >= 11 is 3.43. The first-order chi connectivity index (χ1) is 9.74. The van der Waals surface area contributed by atoms with Gasteiger partial charge in [0.25, 0.3) is 0 Å². The summed E-state index contributed by atoms with van der Waals surface area (Å²) in [5, 5.41) is 14.5. The van der Waals surface area contributed by atoms with E-state index in [0.29, 0.717) is 6.54 Å². The molecule has 1 aromatic carbocycles. The summed E-state index contributed by atoms with van der Waals surface area (Å²) in [6.07, 6.45) is 3.24. The SMILES string of the molecule is Cc1cc(NCc2occc2Br)ccc1-n1cnnn1. The third-order valence-corrected chi connectivity index (χ3v) is 3.64. The zero-order valence-corrected chi connectivity index (χ0v) is 12.3. The Hall–Kier alpha value is -2.15. The van der Waals surface area contributed by atoms with Gasteiger partial charge in [-0.1, -0.05) is 0 Å². The predicted molar refractivity (Wildman–Crippen MR) is 77.6 cm³/mol. The van der Waals surface area contributed by atoms with Crippen molar-refractivity contribution in [3.05, 3.63) is 52.7 Å². The third kappa shape index (κ3) is 2.57. The average molecular weight is 334 g/mol. The fourth-order valence-corrected chi connectivity index (χ4v) is 2.27. The highest BCUT2D eigenvalue weighted by atomic mass is 79.9. The molecule has 0 saturated carbocycles. The maximum Gasteiger partial charge on any atom is 0.143 e. The van der Waals surface area contributed by atoms with Crippen LogP contribution in [0.25, 0.3) is 5.69 Å². The quantitative estimate of drug-likeness (QED) is 0.794. The number of aryl methyl sites for hydroxylation is 1. The van der Waals surface area contributed by atoms with Crippen LogP contribution >= 0.6 is 15.9 Å². The largest absolute Gasteiger partial charge is 0.466 e. The Bertz CT molecular complexity index is 707. The number of aromatic nitrogens is 4. The van der Waals surface area contributed by atoms with Gasteiger partial charge in [0, 0.05) is 5.69 Å². The Kier molecular flexibility index (Phi) is 3.51. The lowest BCUT2D eigenvalue weighted by atomic mass is 10.2. The van der Waals surface area contributed by atoms with Crippen LogP contribution in [0.3, 0.4) is 0 Å². The van der Waals surface area contributed by atoms with E-state index < -0.39 is 0 Å². The van der Waals surface area contributed by atoms with Crippen LogP contribution < -0.4 is 5.32 Å². The van der Waals surface area contributed by atoms with Crippen molar-refractivity contribution in [3.8, 4) is 5.69 Å². The summed E-state index contributed by atoms with van der Waals surface area (Å²) in [7, 11) is 0. The molecule has 3 rings (SSSR count). The Morgan fingerprint density at radius 3 is 2.90 bits per heavy atom. The number of benzene rings is 1. The van der Waals surface area contributed by atoms with E-state index in [1.807, 2.05) is 31.2 Å². The fraction of sp³-hybridized carbons (Fsp3) is 0.154. The van der Waals surface area contributed by atoms with Gasteiger partial charge in [0.1, 0.15) is 12.1 Å². The first-order valence-electron chi connectivity index (χ1n) is 6.04. The van der Waals surface area contributed by atoms with E-state index in [2.05, 4.69) is 36.8 Å². The zero-order valence-electron chi connectivity index (χ0n) is 10.7. The topological polar surface area (TPSA) is 68.8 Å². The van der Waals surface area contributed by atoms with Gasteiger partial charge in [0.2, 0.25) is 0 Å². The highest BCUT2D eigenvalue weighted by molar-refractivity contribution is 9.10. The number of anilines is 1. The maximum atomic E-state index is 5.36. The highest BCUT2D eigenvalue weighted by Crippen LogP contribution is 2.21. The van der Waals surface area contributed by atoms with Crippen LogP contribution in [0.5, 0.6) is 0 Å². The maximum absolute atomic E-state index is 5.36. The van der Waals surface area contributed by atoms with E-state index in [-0.39, 0.29) is 0 Å². The minimum absolute atomic E-state index is 0.622. The second-order valence-corrected chi connectivity index (χ2v) is 5.16. The summed E-state index contributed by atoms with van der Waals surface area (Å²) in [6, 6.07) is 7.89. The van der Waals surface area contributed by atoms with E-state index in [4.69, 9.17) is 4.42 Å². The average Bonchev–Trinajstić information content (AvgIpc) is 3.08. The summed E-state index contributed by atoms with van der Waals surface area (Å²) in [5.74, 6) is 0.868. The summed E-state index contributed by atoms with van der Waals surface area (Å²) in [4.78, 5) is 0. The monoisotopic (exact) mass is 333 g/mol. The molecule has 0 aliphatic carbocycles. The van der Waals surface area contributed by atoms with Crippen molar-refractivity contribution in [1.82, 2.24) is 20.2 Å². The number of hydrogen-bond donors (Lipinski definition) is 1. The van der Waals surface area contributed by atoms with E-state index >= 15 is 0 Å². The molecule has 7 heteroatoms. The molecule has 0 amide bonds. The molecule has 0 unspecified atom stereocenters. The lowest BCUT2D eigenvalue weighted by molar-refractivity contribution is 0.516. The molecule has 6 nitrogen and oxygen atoms in total. The standard InChI is InChI=1S/C13H12BrN5O/c1-9-6-10(15-7-13-11(14)4-5-20-13)2-3-12(9)19-8-16-17-18-19/h2-6,8,15H,7H2,1H3. The van der Waals surface area contributed by atoms with Crippen LogP contribution in [-0.4, -0.2) is 20.2 Å². The number of nitrogens with zero attached hydrogens (tertiary/aromatic N) is 4. The number of hydrogen-bond acceptors (Lipinski definition) is 5. The van der Waals surface area contributed by atoms with Crippen LogP contribution in [0.4, 0.5) is 5.69 Å². The molecule has 3 aromatic rings. The molecular weight excluding hydrogens is 322 g/mol. The van der Waals surface area contributed by atoms with E-state index in [9.17, 15) is 0 Å². The molecule has 0 saturated heterocycles. The van der Waals surface area contributed by atoms with Crippen LogP contribution in [0.1, 0.15) is 11.3 Å². The van der Waals surface area contributed by atoms with Crippen molar-refractivity contribution in [1.29, 1.82) is 0 Å². The van der Waals surface area contributed by atoms with Crippen LogP contribution in [0.2, 0.25) is 0 Å². The molecule has 0 spiro atoms. The van der Waals surface area contributed by atoms with Crippen molar-refractivity contribution >= 4 is 21.6 Å². The second kappa shape index (κ2) is 5.46. The number of nitrogens with one attached hydrogen (secondary N) is 1. The van der Waals surface area contributed by atoms with Crippen molar-refractivity contribution in [2.75, 3.05) is 5.32 Å². The lowest BCUT2D eigenvalue weighted by Crippen LogP contribution is -2.02. The molecule has 0 fully saturated rings. The van der Waals surface area contributed by atoms with E-state index in [0.717, 1.165) is 27.2 Å². The number of furan rings is 1. The molecule has 20 heavy (non-hydrogen) atoms. The van der Waals surface area contributed by atoms with Gasteiger partial charge in [0.15, 0.2) is 0 Å². The molecule has 0 atom stereocenters. The third-order valence-electron chi connectivity index (χ3n) is 2.94. The van der Waals surface area contributed by atoms with Crippen molar-refractivity contribution in [2.45, 2.75) is 13.5 Å². The molecule has 2 aromatic heterocycles. The van der Waals surface area contributed by atoms with E-state index in [1.165, 1.54) is 0 Å². The molecule has 102 valence electrons. The van der Waals surface area contributed by atoms with Gasteiger partial charge in [-0.05, 0) is 63.1 Å². The Morgan fingerprint density at radius 2 is 2.25 bits per heavy atom. The molecule has 0 radical (unpaired) electrons. The Morgan fingerprint density at radius 1 is 1.35 bits per heavy atom. The fourth-order valence-electron chi connectivity index (χ4n) is 1.93. The molecule has 1 N–H and O–H groups in total. The van der Waals surface area contributed by atoms with Gasteiger partial charge in [0.05, 0.1) is 23.0 Å². The summed E-state index contributed by atoms with van der Waals surface area (Å²) < 4.78 is 7.96. The Labute approximate surface area is 123 Å². The van der Waals surface area contributed by atoms with Crippen molar-refractivity contribution < 1.29 is 4.42 Å². The van der Waals surface area contributed by atoms with Gasteiger partial charge in [-0.25, -0.2) is 4.68 Å². The first kappa shape index (κ1) is 12.9. The second-order valence-electron chi connectivity index (χ2n) is 4.30. The van der Waals surface area contributed by atoms with Gasteiger partial charge >= 0.3 is 0 Å². The van der Waals surface area contributed by atoms with Crippen LogP contribution in [-0.2, 0) is 6.54 Å². The Balaban J connectivity index is 1.76. The van der Waals surface area contributed by atoms with Gasteiger partial charge < -0.3 is 9.73 Å². The zero-order chi connectivity index (χ0) is 13.9. The van der Waals surface area contributed by atoms with E-state index in [1.54, 1.807) is 17.3 Å². The van der Waals surface area contributed by atoms with Gasteiger partial charge in [-0.15, -0.1) is 5.10 Å². The molecule has 0 bridgehead atoms. The molecular formula is C13H12BrN5O. The minimum Gasteiger partial charge on any atom is -0.466 e. The number of halogens is 1. The smallest absolute Gasteiger partial charge is 0.143 e.